The molecule has 0 aliphatic rings. The molecule has 3 aromatic carbocycles. The third-order valence-corrected chi connectivity index (χ3v) is 9.85. The second kappa shape index (κ2) is 13.8. The zero-order valence-corrected chi connectivity index (χ0v) is 27.6. The number of aryl methyl sites for hydroxylation is 2. The monoisotopic (exact) mass is 667 g/mol. The fraction of sp³-hybridized carbons (Fsp3) is 0.333. The lowest BCUT2D eigenvalue weighted by molar-refractivity contribution is -0.132. The van der Waals surface area contributed by atoms with Gasteiger partial charge in [0.15, 0.2) is 0 Å². The van der Waals surface area contributed by atoms with Crippen molar-refractivity contribution in [1.82, 2.24) is 14.2 Å². The molecule has 0 bridgehead atoms. The zero-order chi connectivity index (χ0) is 31.3. The highest BCUT2D eigenvalue weighted by atomic mass is 79.9. The maximum Gasteiger partial charge on any atom is 0.265 e. The lowest BCUT2D eigenvalue weighted by Gasteiger charge is -2.16. The average molecular weight is 669 g/mol. The maximum atomic E-state index is 13.0. The van der Waals surface area contributed by atoms with E-state index in [9.17, 15) is 18.0 Å². The van der Waals surface area contributed by atoms with E-state index in [4.69, 9.17) is 4.74 Å². The number of nitrogens with one attached hydrogen (secondary N) is 1. The number of methoxy groups -OCH3 is 1. The number of rotatable bonds is 12. The summed E-state index contributed by atoms with van der Waals surface area (Å²) in [6, 6.07) is 17.8. The first-order valence-electron chi connectivity index (χ1n) is 14.3. The van der Waals surface area contributed by atoms with Crippen LogP contribution in [0, 0.1) is 5.92 Å². The number of ether oxygens (including phenoxy) is 1. The molecule has 1 atom stereocenters. The van der Waals surface area contributed by atoms with Crippen LogP contribution in [0.5, 0.6) is 5.75 Å². The third-order valence-electron chi connectivity index (χ3n) is 7.50. The summed E-state index contributed by atoms with van der Waals surface area (Å²) >= 11 is 3.23. The summed E-state index contributed by atoms with van der Waals surface area (Å²) in [7, 11) is 1.03. The molecule has 2 amide bonds. The van der Waals surface area contributed by atoms with Gasteiger partial charge >= 0.3 is 0 Å². The van der Waals surface area contributed by atoms with Gasteiger partial charge in [0.05, 0.1) is 7.11 Å². The number of hydrogen-bond acceptors (Lipinski definition) is 5. The molecule has 8 nitrogen and oxygen atoms in total. The first-order chi connectivity index (χ1) is 20.4. The minimum Gasteiger partial charge on any atom is -0.496 e. The van der Waals surface area contributed by atoms with Crippen molar-refractivity contribution in [2.24, 2.45) is 5.92 Å². The van der Waals surface area contributed by atoms with Crippen molar-refractivity contribution in [1.29, 1.82) is 0 Å². The van der Waals surface area contributed by atoms with Gasteiger partial charge in [0, 0.05) is 60.1 Å². The summed E-state index contributed by atoms with van der Waals surface area (Å²) in [6.07, 6.45) is 5.28. The Morgan fingerprint density at radius 3 is 2.47 bits per heavy atom. The van der Waals surface area contributed by atoms with Crippen LogP contribution in [0.1, 0.15) is 53.7 Å². The Balaban J connectivity index is 1.60. The molecule has 43 heavy (non-hydrogen) atoms. The maximum absolute atomic E-state index is 13.0. The van der Waals surface area contributed by atoms with Crippen LogP contribution >= 0.6 is 15.9 Å². The predicted molar refractivity (Wildman–Crippen MR) is 173 cm³/mol. The second-order valence-electron chi connectivity index (χ2n) is 10.9. The van der Waals surface area contributed by atoms with Gasteiger partial charge in [0.2, 0.25) is 5.91 Å². The molecule has 0 saturated carbocycles. The summed E-state index contributed by atoms with van der Waals surface area (Å²) in [5.41, 5.74) is 4.49. The van der Waals surface area contributed by atoms with Crippen molar-refractivity contribution in [2.45, 2.75) is 51.0 Å². The van der Waals surface area contributed by atoms with E-state index in [2.05, 4.69) is 56.5 Å². The first kappa shape index (κ1) is 32.3. The number of benzene rings is 3. The molecule has 1 N–H and O–H groups in total. The van der Waals surface area contributed by atoms with Gasteiger partial charge in [0.25, 0.3) is 15.9 Å². The van der Waals surface area contributed by atoms with Crippen molar-refractivity contribution >= 4 is 48.7 Å². The molecule has 1 unspecified atom stereocenters. The minimum atomic E-state index is -4.08. The highest BCUT2D eigenvalue weighted by Gasteiger charge is 2.22. The Labute approximate surface area is 262 Å². The Morgan fingerprint density at radius 2 is 1.79 bits per heavy atom. The highest BCUT2D eigenvalue weighted by Crippen LogP contribution is 2.30. The Kier molecular flexibility index (Phi) is 10.3. The van der Waals surface area contributed by atoms with Crippen LogP contribution in [-0.2, 0) is 34.2 Å². The van der Waals surface area contributed by atoms with Crippen molar-refractivity contribution in [3.63, 3.8) is 0 Å². The molecule has 0 radical (unpaired) electrons. The molecule has 4 aromatic rings. The van der Waals surface area contributed by atoms with E-state index in [1.807, 2.05) is 6.92 Å². The lowest BCUT2D eigenvalue weighted by Crippen LogP contribution is -2.30. The van der Waals surface area contributed by atoms with Crippen molar-refractivity contribution in [3.8, 4) is 5.75 Å². The zero-order valence-electron chi connectivity index (χ0n) is 25.2. The number of carbonyl (C=O) groups is 2. The molecule has 0 saturated heterocycles. The number of halogens is 1. The van der Waals surface area contributed by atoms with E-state index in [1.165, 1.54) is 18.7 Å². The average Bonchev–Trinajstić information content (AvgIpc) is 3.31. The number of carbonyl (C=O) groups excluding carboxylic acids is 2. The number of hydrogen-bond donors (Lipinski definition) is 1. The fourth-order valence-corrected chi connectivity index (χ4v) is 7.20. The van der Waals surface area contributed by atoms with Crippen molar-refractivity contribution < 1.29 is 22.7 Å². The summed E-state index contributed by atoms with van der Waals surface area (Å²) in [5, 5.41) is 1.14. The number of fused-ring (bicyclic) bond motifs is 1. The van der Waals surface area contributed by atoms with Crippen LogP contribution in [-0.4, -0.2) is 50.9 Å². The van der Waals surface area contributed by atoms with E-state index in [1.54, 1.807) is 55.4 Å². The number of amides is 2. The lowest BCUT2D eigenvalue weighted by atomic mass is 9.97. The van der Waals surface area contributed by atoms with Gasteiger partial charge in [0.1, 0.15) is 10.6 Å². The molecule has 228 valence electrons. The number of sulfonamides is 1. The topological polar surface area (TPSA) is 97.7 Å². The van der Waals surface area contributed by atoms with E-state index >= 15 is 0 Å². The summed E-state index contributed by atoms with van der Waals surface area (Å²) in [5.74, 6) is -0.175. The molecule has 1 heterocycles. The van der Waals surface area contributed by atoms with Crippen molar-refractivity contribution in [3.05, 3.63) is 93.6 Å². The molecule has 4 rings (SSSR count). The largest absolute Gasteiger partial charge is 0.496 e. The summed E-state index contributed by atoms with van der Waals surface area (Å²) in [6.45, 7) is 5.00. The van der Waals surface area contributed by atoms with E-state index in [0.717, 1.165) is 47.8 Å². The second-order valence-corrected chi connectivity index (χ2v) is 13.4. The third kappa shape index (κ3) is 7.48. The minimum absolute atomic E-state index is 0.0199. The van der Waals surface area contributed by atoms with Crippen LogP contribution in [0.3, 0.4) is 0 Å². The van der Waals surface area contributed by atoms with Gasteiger partial charge in [-0.25, -0.2) is 13.1 Å². The molecule has 0 spiro atoms. The van der Waals surface area contributed by atoms with E-state index in [0.29, 0.717) is 16.6 Å². The van der Waals surface area contributed by atoms with Gasteiger partial charge < -0.3 is 14.2 Å². The van der Waals surface area contributed by atoms with E-state index in [-0.39, 0.29) is 22.3 Å². The summed E-state index contributed by atoms with van der Waals surface area (Å²) < 4.78 is 36.1. The molecular formula is C33H38BrN3O5S. The van der Waals surface area contributed by atoms with Gasteiger partial charge in [-0.1, -0.05) is 38.1 Å². The standard InChI is InChI=1S/C33H38BrN3O5S/c1-6-17-37-21-26(27-18-23(13-16-29(27)37)12-11-22(2)33(39)36(3)4)19-24-14-15-25(20-30(24)42-5)32(38)35-43(40,41)31-10-8-7-9-28(31)34/h7-10,13-16,18,20-22H,6,11-12,17,19H2,1-5H3,(H,35,38). The van der Waals surface area contributed by atoms with Crippen LogP contribution in [0.2, 0.25) is 0 Å². The molecule has 0 fully saturated rings. The van der Waals surface area contributed by atoms with Gasteiger partial charge in [-0.05, 0) is 88.3 Å². The SMILES string of the molecule is CCCn1cc(Cc2ccc(C(=O)NS(=O)(=O)c3ccccc3Br)cc2OC)c2cc(CCC(C)C(=O)N(C)C)ccc21. The van der Waals surface area contributed by atoms with Crippen LogP contribution < -0.4 is 9.46 Å². The van der Waals surface area contributed by atoms with E-state index < -0.39 is 15.9 Å². The molecule has 10 heteroatoms. The Morgan fingerprint density at radius 1 is 1.05 bits per heavy atom. The van der Waals surface area contributed by atoms with Crippen LogP contribution in [0.25, 0.3) is 10.9 Å². The fourth-order valence-electron chi connectivity index (χ4n) is 5.22. The number of aromatic nitrogens is 1. The highest BCUT2D eigenvalue weighted by molar-refractivity contribution is 9.10. The predicted octanol–water partition coefficient (Wildman–Crippen LogP) is 6.19. The normalized spacial score (nSPS) is 12.2. The Hall–Kier alpha value is -3.63. The molecule has 1 aromatic heterocycles. The Bertz CT molecular complexity index is 1750. The summed E-state index contributed by atoms with van der Waals surface area (Å²) in [4.78, 5) is 26.9. The molecule has 0 aliphatic heterocycles. The van der Waals surface area contributed by atoms with Crippen molar-refractivity contribution in [2.75, 3.05) is 21.2 Å². The molecular weight excluding hydrogens is 630 g/mol. The smallest absolute Gasteiger partial charge is 0.265 e. The van der Waals surface area contributed by atoms with Crippen LogP contribution in [0.15, 0.2) is 76.2 Å². The van der Waals surface area contributed by atoms with Gasteiger partial charge in [-0.15, -0.1) is 0 Å². The van der Waals surface area contributed by atoms with Gasteiger partial charge in [-0.3, -0.25) is 9.59 Å². The molecule has 0 aliphatic carbocycles. The quantitative estimate of drug-likeness (QED) is 0.194. The van der Waals surface area contributed by atoms with Gasteiger partial charge in [-0.2, -0.15) is 0 Å². The first-order valence-corrected chi connectivity index (χ1v) is 16.5. The number of nitrogens with zero attached hydrogens (tertiary/aromatic N) is 2. The van der Waals surface area contributed by atoms with Crippen LogP contribution in [0.4, 0.5) is 0 Å².